The molecule has 1 amide bonds. The second kappa shape index (κ2) is 4.89. The van der Waals surface area contributed by atoms with Crippen molar-refractivity contribution in [1.82, 2.24) is 10.3 Å². The largest absolute Gasteiger partial charge is 0.394 e. The van der Waals surface area contributed by atoms with E-state index in [1.54, 1.807) is 26.0 Å². The average molecular weight is 208 g/mol. The van der Waals surface area contributed by atoms with Gasteiger partial charge in [0, 0.05) is 11.7 Å². The van der Waals surface area contributed by atoms with Crippen LogP contribution in [0.1, 0.15) is 28.7 Å². The van der Waals surface area contributed by atoms with E-state index in [1.807, 2.05) is 6.92 Å². The van der Waals surface area contributed by atoms with Crippen LogP contribution in [0.25, 0.3) is 0 Å². The highest BCUT2D eigenvalue weighted by Gasteiger charge is 2.11. The summed E-state index contributed by atoms with van der Waals surface area (Å²) in [7, 11) is 0. The Morgan fingerprint density at radius 3 is 2.73 bits per heavy atom. The molecular formula is C11H16N2O2. The van der Waals surface area contributed by atoms with Gasteiger partial charge in [-0.1, -0.05) is 0 Å². The third-order valence-electron chi connectivity index (χ3n) is 2.12. The van der Waals surface area contributed by atoms with Gasteiger partial charge in [0.25, 0.3) is 5.91 Å². The second-order valence-electron chi connectivity index (χ2n) is 3.64. The minimum absolute atomic E-state index is 0.0654. The van der Waals surface area contributed by atoms with Crippen LogP contribution in [0, 0.1) is 13.8 Å². The molecule has 1 aromatic heterocycles. The van der Waals surface area contributed by atoms with Crippen LogP contribution in [0.2, 0.25) is 0 Å². The summed E-state index contributed by atoms with van der Waals surface area (Å²) in [6, 6.07) is 3.31. The summed E-state index contributed by atoms with van der Waals surface area (Å²) in [5, 5.41) is 11.5. The molecule has 0 aliphatic rings. The number of rotatable bonds is 3. The van der Waals surface area contributed by atoms with Crippen molar-refractivity contribution in [2.24, 2.45) is 0 Å². The lowest BCUT2D eigenvalue weighted by Crippen LogP contribution is -2.35. The van der Waals surface area contributed by atoms with E-state index < -0.39 is 0 Å². The number of hydrogen-bond donors (Lipinski definition) is 2. The average Bonchev–Trinajstić information content (AvgIpc) is 2.17. The Hall–Kier alpha value is -1.42. The number of aliphatic hydroxyl groups excluding tert-OH is 1. The van der Waals surface area contributed by atoms with Gasteiger partial charge in [0.05, 0.1) is 17.9 Å². The first-order valence-electron chi connectivity index (χ1n) is 4.90. The number of amides is 1. The number of pyridine rings is 1. The number of hydrogen-bond acceptors (Lipinski definition) is 3. The molecular weight excluding hydrogens is 192 g/mol. The molecule has 0 spiro atoms. The monoisotopic (exact) mass is 208 g/mol. The zero-order chi connectivity index (χ0) is 11.4. The highest BCUT2D eigenvalue weighted by molar-refractivity contribution is 5.95. The maximum atomic E-state index is 11.7. The molecule has 0 aliphatic heterocycles. The van der Waals surface area contributed by atoms with Crippen molar-refractivity contribution in [2.75, 3.05) is 6.61 Å². The summed E-state index contributed by atoms with van der Waals surface area (Å²) in [6.07, 6.45) is 0. The summed E-state index contributed by atoms with van der Waals surface area (Å²) in [5.74, 6) is -0.193. The molecule has 82 valence electrons. The molecule has 15 heavy (non-hydrogen) atoms. The molecule has 0 bridgehead atoms. The normalized spacial score (nSPS) is 12.3. The van der Waals surface area contributed by atoms with Crippen molar-refractivity contribution >= 4 is 5.91 Å². The van der Waals surface area contributed by atoms with Gasteiger partial charge < -0.3 is 10.4 Å². The smallest absolute Gasteiger partial charge is 0.253 e. The lowest BCUT2D eigenvalue weighted by atomic mass is 10.1. The van der Waals surface area contributed by atoms with E-state index in [2.05, 4.69) is 10.3 Å². The molecule has 0 aromatic carbocycles. The van der Waals surface area contributed by atoms with Gasteiger partial charge in [0.1, 0.15) is 0 Å². The number of carbonyl (C=O) groups excluding carboxylic acids is 1. The molecule has 0 saturated heterocycles. The Labute approximate surface area is 89.3 Å². The molecule has 0 saturated carbocycles. The Balaban J connectivity index is 2.82. The molecule has 2 N–H and O–H groups in total. The Morgan fingerprint density at radius 1 is 1.53 bits per heavy atom. The van der Waals surface area contributed by atoms with Crippen LogP contribution in [0.5, 0.6) is 0 Å². The SMILES string of the molecule is Cc1ccc(C(=O)NC(C)CO)c(C)n1. The highest BCUT2D eigenvalue weighted by Crippen LogP contribution is 2.06. The maximum Gasteiger partial charge on any atom is 0.253 e. The summed E-state index contributed by atoms with van der Waals surface area (Å²) < 4.78 is 0. The summed E-state index contributed by atoms with van der Waals surface area (Å²) in [4.78, 5) is 15.9. The third kappa shape index (κ3) is 3.02. The van der Waals surface area contributed by atoms with E-state index in [1.165, 1.54) is 0 Å². The maximum absolute atomic E-state index is 11.7. The zero-order valence-electron chi connectivity index (χ0n) is 9.24. The fraction of sp³-hybridized carbons (Fsp3) is 0.455. The number of aryl methyl sites for hydroxylation is 2. The predicted octanol–water partition coefficient (Wildman–Crippen LogP) is 0.809. The van der Waals surface area contributed by atoms with Gasteiger partial charge in [-0.25, -0.2) is 0 Å². The van der Waals surface area contributed by atoms with Crippen LogP contribution in [0.4, 0.5) is 0 Å². The molecule has 1 rings (SSSR count). The van der Waals surface area contributed by atoms with E-state index in [-0.39, 0.29) is 18.6 Å². The molecule has 1 atom stereocenters. The second-order valence-corrected chi connectivity index (χ2v) is 3.64. The van der Waals surface area contributed by atoms with Gasteiger partial charge in [0.2, 0.25) is 0 Å². The topological polar surface area (TPSA) is 62.2 Å². The van der Waals surface area contributed by atoms with Gasteiger partial charge >= 0.3 is 0 Å². The standard InChI is InChI=1S/C11H16N2O2/c1-7-4-5-10(9(3)12-7)11(15)13-8(2)6-14/h4-5,8,14H,6H2,1-3H3,(H,13,15). The molecule has 4 heteroatoms. The number of aliphatic hydroxyl groups is 1. The minimum Gasteiger partial charge on any atom is -0.394 e. The molecule has 4 nitrogen and oxygen atoms in total. The first kappa shape index (κ1) is 11.7. The van der Waals surface area contributed by atoms with Crippen LogP contribution >= 0.6 is 0 Å². The fourth-order valence-corrected chi connectivity index (χ4v) is 1.27. The zero-order valence-corrected chi connectivity index (χ0v) is 9.24. The first-order valence-corrected chi connectivity index (χ1v) is 4.90. The molecule has 1 aromatic rings. The van der Waals surface area contributed by atoms with Crippen molar-refractivity contribution in [3.05, 3.63) is 29.1 Å². The van der Waals surface area contributed by atoms with E-state index in [9.17, 15) is 4.79 Å². The van der Waals surface area contributed by atoms with Crippen LogP contribution in [0.3, 0.4) is 0 Å². The van der Waals surface area contributed by atoms with Gasteiger partial charge in [-0.15, -0.1) is 0 Å². The van der Waals surface area contributed by atoms with Gasteiger partial charge in [-0.05, 0) is 32.9 Å². The van der Waals surface area contributed by atoms with Crippen LogP contribution in [-0.4, -0.2) is 28.6 Å². The Kier molecular flexibility index (Phi) is 3.80. The van der Waals surface area contributed by atoms with Crippen molar-refractivity contribution in [3.8, 4) is 0 Å². The molecule has 0 aliphatic carbocycles. The van der Waals surface area contributed by atoms with E-state index >= 15 is 0 Å². The quantitative estimate of drug-likeness (QED) is 0.772. The minimum atomic E-state index is -0.238. The van der Waals surface area contributed by atoms with E-state index in [0.29, 0.717) is 11.3 Å². The Bertz CT molecular complexity index is 364. The molecule has 1 unspecified atom stereocenters. The highest BCUT2D eigenvalue weighted by atomic mass is 16.3. The van der Waals surface area contributed by atoms with Crippen LogP contribution in [0.15, 0.2) is 12.1 Å². The Morgan fingerprint density at radius 2 is 2.20 bits per heavy atom. The number of aromatic nitrogens is 1. The number of nitrogens with zero attached hydrogens (tertiary/aromatic N) is 1. The number of nitrogens with one attached hydrogen (secondary N) is 1. The predicted molar refractivity (Wildman–Crippen MR) is 57.7 cm³/mol. The molecule has 1 heterocycles. The molecule has 0 fully saturated rings. The summed E-state index contributed by atoms with van der Waals surface area (Å²) in [6.45, 7) is 5.36. The summed E-state index contributed by atoms with van der Waals surface area (Å²) >= 11 is 0. The third-order valence-corrected chi connectivity index (χ3v) is 2.12. The van der Waals surface area contributed by atoms with Gasteiger partial charge in [0.15, 0.2) is 0 Å². The van der Waals surface area contributed by atoms with Crippen molar-refractivity contribution < 1.29 is 9.90 Å². The van der Waals surface area contributed by atoms with Crippen molar-refractivity contribution in [3.63, 3.8) is 0 Å². The van der Waals surface area contributed by atoms with E-state index in [0.717, 1.165) is 5.69 Å². The first-order chi connectivity index (χ1) is 7.04. The summed E-state index contributed by atoms with van der Waals surface area (Å²) in [5.41, 5.74) is 2.15. The van der Waals surface area contributed by atoms with E-state index in [4.69, 9.17) is 5.11 Å². The van der Waals surface area contributed by atoms with Crippen LogP contribution in [-0.2, 0) is 0 Å². The fourth-order valence-electron chi connectivity index (χ4n) is 1.27. The van der Waals surface area contributed by atoms with Crippen molar-refractivity contribution in [1.29, 1.82) is 0 Å². The number of carbonyl (C=O) groups is 1. The lowest BCUT2D eigenvalue weighted by molar-refractivity contribution is 0.0921. The molecule has 0 radical (unpaired) electrons. The lowest BCUT2D eigenvalue weighted by Gasteiger charge is -2.11. The van der Waals surface area contributed by atoms with Gasteiger partial charge in [-0.3, -0.25) is 9.78 Å². The van der Waals surface area contributed by atoms with Crippen molar-refractivity contribution in [2.45, 2.75) is 26.8 Å². The van der Waals surface area contributed by atoms with Gasteiger partial charge in [-0.2, -0.15) is 0 Å². The van der Waals surface area contributed by atoms with Crippen LogP contribution < -0.4 is 5.32 Å².